The third-order valence-electron chi connectivity index (χ3n) is 20.3. The van der Waals surface area contributed by atoms with Crippen molar-refractivity contribution in [3.05, 3.63) is 388 Å². The van der Waals surface area contributed by atoms with Crippen molar-refractivity contribution in [1.82, 2.24) is 39.9 Å². The largest absolute Gasteiger partial charge is 0.247 e. The summed E-state index contributed by atoms with van der Waals surface area (Å²) in [4.78, 5) is 40.1. The topological polar surface area (TPSA) is 103 Å². The summed E-state index contributed by atoms with van der Waals surface area (Å²) in [6, 6.07) is 135. The van der Waals surface area contributed by atoms with Crippen molar-refractivity contribution in [1.29, 1.82) is 0 Å². The summed E-state index contributed by atoms with van der Waals surface area (Å²) in [7, 11) is 0. The van der Waals surface area contributed by atoms with Crippen LogP contribution >= 0.6 is 0 Å². The number of nitrogens with zero attached hydrogens (tertiary/aromatic N) is 8. The Balaban J connectivity index is 0.000000147. The fourth-order valence-corrected chi connectivity index (χ4v) is 14.6. The molecule has 8 heteroatoms. The van der Waals surface area contributed by atoms with Crippen molar-refractivity contribution in [3.63, 3.8) is 0 Å². The fourth-order valence-electron chi connectivity index (χ4n) is 14.6. The number of hydrogen-bond acceptors (Lipinski definition) is 8. The first-order chi connectivity index (χ1) is 53.5. The maximum Gasteiger partial charge on any atom is 0.164 e. The van der Waals surface area contributed by atoms with E-state index in [-0.39, 0.29) is 0 Å². The number of para-hydroxylation sites is 1. The van der Waals surface area contributed by atoms with Gasteiger partial charge in [0.2, 0.25) is 0 Å². The van der Waals surface area contributed by atoms with Gasteiger partial charge in [0.15, 0.2) is 34.9 Å². The van der Waals surface area contributed by atoms with Crippen LogP contribution in [0.2, 0.25) is 0 Å². The first-order valence-electron chi connectivity index (χ1n) is 36.3. The van der Waals surface area contributed by atoms with Crippen LogP contribution in [0, 0.1) is 0 Å². The zero-order valence-corrected chi connectivity index (χ0v) is 58.5. The molecule has 8 nitrogen and oxygen atoms in total. The van der Waals surface area contributed by atoms with E-state index >= 15 is 0 Å². The van der Waals surface area contributed by atoms with Crippen molar-refractivity contribution in [3.8, 4) is 135 Å². The molecular formula is C100H64N8. The minimum absolute atomic E-state index is 0.634. The molecule has 0 N–H and O–H groups in total. The van der Waals surface area contributed by atoms with E-state index in [2.05, 4.69) is 315 Å². The minimum atomic E-state index is 0.634. The normalized spacial score (nSPS) is 11.3. The van der Waals surface area contributed by atoms with Gasteiger partial charge in [0.25, 0.3) is 0 Å². The number of hydrogen-bond donors (Lipinski definition) is 0. The molecule has 0 radical (unpaired) electrons. The molecular weight excluding hydrogens is 1310 g/mol. The Labute approximate surface area is 624 Å². The van der Waals surface area contributed by atoms with Crippen LogP contribution < -0.4 is 0 Å². The van der Waals surface area contributed by atoms with Crippen LogP contribution in [0.1, 0.15) is 0 Å². The summed E-state index contributed by atoms with van der Waals surface area (Å²) in [5.74, 6) is 3.84. The fraction of sp³-hybridized carbons (Fsp3) is 0. The van der Waals surface area contributed by atoms with Gasteiger partial charge in [-0.05, 0) is 89.0 Å². The molecule has 16 aromatic carbocycles. The second-order valence-corrected chi connectivity index (χ2v) is 26.9. The second kappa shape index (κ2) is 28.2. The van der Waals surface area contributed by atoms with Crippen LogP contribution in [0.4, 0.5) is 0 Å². The highest BCUT2D eigenvalue weighted by Gasteiger charge is 2.19. The highest BCUT2D eigenvalue weighted by Crippen LogP contribution is 2.40. The highest BCUT2D eigenvalue weighted by atomic mass is 15.0. The van der Waals surface area contributed by atoms with Crippen LogP contribution in [0.3, 0.4) is 0 Å². The predicted octanol–water partition coefficient (Wildman–Crippen LogP) is 25.5. The maximum atomic E-state index is 5.23. The zero-order valence-electron chi connectivity index (χ0n) is 58.5. The third kappa shape index (κ3) is 12.7. The SMILES string of the molecule is c1ccc(-c2ccc(-c3nc(-c4ccccc4)nc(-c4ccc(-c5ccc(-c6ccc7ccc8c9ccccc9ccc8c7n6)cc5)cc4)n3)cc2)cc1.c1ccc(-c2ccc(-c3nc(-c4ccccc4)nc(-c4ccc(-c5ccc(-c6nc7ccccc7c7ccc8ccccc8c67)cc5)cc4)n3)cc2)cc1. The lowest BCUT2D eigenvalue weighted by Gasteiger charge is -2.13. The Hall–Kier alpha value is -14.6. The molecule has 0 atom stereocenters. The average molecular weight is 1380 g/mol. The Morgan fingerprint density at radius 1 is 0.139 bits per heavy atom. The summed E-state index contributed by atoms with van der Waals surface area (Å²) < 4.78 is 0. The van der Waals surface area contributed by atoms with E-state index in [0.717, 1.165) is 106 Å². The van der Waals surface area contributed by atoms with Crippen molar-refractivity contribution in [2.45, 2.75) is 0 Å². The third-order valence-corrected chi connectivity index (χ3v) is 20.3. The van der Waals surface area contributed by atoms with Gasteiger partial charge < -0.3 is 0 Å². The lowest BCUT2D eigenvalue weighted by atomic mass is 9.94. The molecule has 0 aliphatic carbocycles. The molecule has 504 valence electrons. The molecule has 0 aliphatic heterocycles. The first kappa shape index (κ1) is 64.3. The van der Waals surface area contributed by atoms with Crippen molar-refractivity contribution < 1.29 is 0 Å². The molecule has 0 fully saturated rings. The van der Waals surface area contributed by atoms with Crippen molar-refractivity contribution >= 4 is 64.9 Å². The van der Waals surface area contributed by atoms with E-state index in [0.29, 0.717) is 34.9 Å². The average Bonchev–Trinajstić information content (AvgIpc) is 0.707. The molecule has 4 aromatic heterocycles. The predicted molar refractivity (Wildman–Crippen MR) is 446 cm³/mol. The number of fused-ring (bicyclic) bond motifs is 10. The van der Waals surface area contributed by atoms with E-state index < -0.39 is 0 Å². The summed E-state index contributed by atoms with van der Waals surface area (Å²) >= 11 is 0. The summed E-state index contributed by atoms with van der Waals surface area (Å²) in [5, 5.41) is 12.0. The molecule has 0 saturated carbocycles. The number of rotatable bonds is 12. The monoisotopic (exact) mass is 1380 g/mol. The Morgan fingerprint density at radius 3 is 0.861 bits per heavy atom. The van der Waals surface area contributed by atoms with Crippen molar-refractivity contribution in [2.24, 2.45) is 0 Å². The van der Waals surface area contributed by atoms with E-state index in [9.17, 15) is 0 Å². The van der Waals surface area contributed by atoms with Gasteiger partial charge in [-0.2, -0.15) is 0 Å². The molecule has 20 aromatic rings. The molecule has 0 unspecified atom stereocenters. The number of aromatic nitrogens is 8. The second-order valence-electron chi connectivity index (χ2n) is 26.9. The lowest BCUT2D eigenvalue weighted by Crippen LogP contribution is -2.00. The van der Waals surface area contributed by atoms with Crippen LogP contribution in [0.15, 0.2) is 388 Å². The van der Waals surface area contributed by atoms with Gasteiger partial charge in [0, 0.05) is 66.1 Å². The van der Waals surface area contributed by atoms with Gasteiger partial charge in [-0.3, -0.25) is 0 Å². The Morgan fingerprint density at radius 2 is 0.426 bits per heavy atom. The van der Waals surface area contributed by atoms with Gasteiger partial charge >= 0.3 is 0 Å². The van der Waals surface area contributed by atoms with Gasteiger partial charge in [-0.15, -0.1) is 0 Å². The molecule has 0 aliphatic rings. The van der Waals surface area contributed by atoms with Gasteiger partial charge in [0.1, 0.15) is 0 Å². The first-order valence-corrected chi connectivity index (χ1v) is 36.3. The van der Waals surface area contributed by atoms with Crippen molar-refractivity contribution in [2.75, 3.05) is 0 Å². The number of benzene rings is 16. The summed E-state index contributed by atoms with van der Waals surface area (Å²) in [6.07, 6.45) is 0. The molecule has 0 bridgehead atoms. The van der Waals surface area contributed by atoms with Crippen LogP contribution in [-0.2, 0) is 0 Å². The van der Waals surface area contributed by atoms with E-state index in [1.165, 1.54) is 59.6 Å². The van der Waals surface area contributed by atoms with Crippen LogP contribution in [0.25, 0.3) is 200 Å². The number of pyridine rings is 2. The zero-order chi connectivity index (χ0) is 71.7. The van der Waals surface area contributed by atoms with E-state index in [1.54, 1.807) is 0 Å². The smallest absolute Gasteiger partial charge is 0.164 e. The maximum absolute atomic E-state index is 5.23. The van der Waals surface area contributed by atoms with Crippen LogP contribution in [0.5, 0.6) is 0 Å². The minimum Gasteiger partial charge on any atom is -0.247 e. The molecule has 20 rings (SSSR count). The van der Waals surface area contributed by atoms with Gasteiger partial charge in [-0.1, -0.05) is 376 Å². The van der Waals surface area contributed by atoms with Gasteiger partial charge in [-0.25, -0.2) is 39.9 Å². The molecule has 108 heavy (non-hydrogen) atoms. The van der Waals surface area contributed by atoms with Crippen LogP contribution in [-0.4, -0.2) is 39.9 Å². The Kier molecular flexibility index (Phi) is 16.8. The molecule has 4 heterocycles. The standard InChI is InChI=1S/2C50H32N4/c1-3-11-33(12-4-1)34-21-27-40(28-22-34)49-52-48(39-14-5-2-6-15-39)53-50(54-49)41-29-23-36(24-30-41)35-19-25-38(26-20-35)47-46-42-16-8-7-13-37(42)31-32-44(46)43-17-9-10-18-45(43)51-47;1-3-9-33(10-4-1)34-17-23-41(24-18-34)49-52-48(40-12-5-2-6-13-40)53-50(54-49)42-25-19-36(20-26-42)35-15-21-38(22-16-35)46-32-29-39-28-30-44-43-14-8-7-11-37(43)27-31-45(44)47(39)51-46/h2*1-32H. The summed E-state index contributed by atoms with van der Waals surface area (Å²) in [5.41, 5.74) is 20.9. The van der Waals surface area contributed by atoms with E-state index in [4.69, 9.17) is 39.9 Å². The Bertz CT molecular complexity index is 6700. The van der Waals surface area contributed by atoms with E-state index in [1.807, 2.05) is 72.8 Å². The molecule has 0 saturated heterocycles. The lowest BCUT2D eigenvalue weighted by molar-refractivity contribution is 1.07. The molecule has 0 spiro atoms. The highest BCUT2D eigenvalue weighted by molar-refractivity contribution is 6.21. The molecule has 0 amide bonds. The quantitative estimate of drug-likeness (QED) is 0.111. The van der Waals surface area contributed by atoms with Gasteiger partial charge in [0.05, 0.1) is 22.4 Å². The summed E-state index contributed by atoms with van der Waals surface area (Å²) in [6.45, 7) is 0.